The topological polar surface area (TPSA) is 163 Å². The number of piperidine rings is 1. The minimum atomic E-state index is -1.62. The molecule has 10 nitrogen and oxygen atoms in total. The summed E-state index contributed by atoms with van der Waals surface area (Å²) in [5.41, 5.74) is 0. The highest BCUT2D eigenvalue weighted by atomic mass is 16.7. The Morgan fingerprint density at radius 1 is 0.917 bits per heavy atom. The van der Waals surface area contributed by atoms with Crippen LogP contribution in [-0.4, -0.2) is 122 Å². The molecule has 3 rings (SSSR count). The zero-order valence-corrected chi connectivity index (χ0v) is 13.0. The molecule has 3 aliphatic rings. The second-order valence-electron chi connectivity index (χ2n) is 6.70. The van der Waals surface area contributed by atoms with Crippen molar-refractivity contribution in [2.24, 2.45) is 0 Å². The Balaban J connectivity index is 1.72. The first-order chi connectivity index (χ1) is 11.3. The van der Waals surface area contributed by atoms with Gasteiger partial charge in [0.2, 0.25) is 0 Å². The predicted molar refractivity (Wildman–Crippen MR) is 76.6 cm³/mol. The number of aliphatic hydroxyl groups is 7. The van der Waals surface area contributed by atoms with Gasteiger partial charge < -0.3 is 45.2 Å². The quantitative estimate of drug-likeness (QED) is 0.263. The smallest absolute Gasteiger partial charge is 0.187 e. The summed E-state index contributed by atoms with van der Waals surface area (Å²) in [6, 6.07) is -0.594. The fraction of sp³-hybridized carbons (Fsp3) is 1.00. The van der Waals surface area contributed by atoms with E-state index in [1.165, 1.54) is 0 Å². The second kappa shape index (κ2) is 7.08. The molecule has 0 aromatic heterocycles. The minimum absolute atomic E-state index is 0.181. The Hall–Kier alpha value is -0.400. The molecule has 7 N–H and O–H groups in total. The molecule has 0 radical (unpaired) electrons. The maximum Gasteiger partial charge on any atom is 0.187 e. The molecule has 0 spiro atoms. The molecule has 24 heavy (non-hydrogen) atoms. The van der Waals surface area contributed by atoms with E-state index in [1.54, 1.807) is 4.90 Å². The van der Waals surface area contributed by atoms with Crippen LogP contribution < -0.4 is 0 Å². The Bertz CT molecular complexity index is 438. The van der Waals surface area contributed by atoms with E-state index in [0.717, 1.165) is 0 Å². The highest BCUT2D eigenvalue weighted by Gasteiger charge is 2.52. The largest absolute Gasteiger partial charge is 0.394 e. The SMILES string of the molecule is OC[C@H]1O[C@H](O[C@@H]2[C@@H](O)[C@@H]3[C@H](O)CCN3C[C@H]2O)[C@H](O)[C@@H](O)[C@@H]1O. The van der Waals surface area contributed by atoms with Crippen molar-refractivity contribution < 1.29 is 45.2 Å². The summed E-state index contributed by atoms with van der Waals surface area (Å²) in [4.78, 5) is 1.77. The Morgan fingerprint density at radius 2 is 1.62 bits per heavy atom. The van der Waals surface area contributed by atoms with E-state index in [9.17, 15) is 35.7 Å². The first-order valence-corrected chi connectivity index (χ1v) is 8.09. The highest BCUT2D eigenvalue weighted by Crippen LogP contribution is 2.32. The van der Waals surface area contributed by atoms with Crippen LogP contribution in [0.5, 0.6) is 0 Å². The van der Waals surface area contributed by atoms with Crippen molar-refractivity contribution in [1.29, 1.82) is 0 Å². The molecule has 0 aromatic carbocycles. The zero-order valence-electron chi connectivity index (χ0n) is 13.0. The van der Waals surface area contributed by atoms with E-state index in [4.69, 9.17) is 9.47 Å². The van der Waals surface area contributed by atoms with Gasteiger partial charge in [-0.1, -0.05) is 0 Å². The van der Waals surface area contributed by atoms with Crippen LogP contribution in [0.4, 0.5) is 0 Å². The van der Waals surface area contributed by atoms with E-state index < -0.39 is 67.8 Å². The number of hydrogen-bond donors (Lipinski definition) is 7. The van der Waals surface area contributed by atoms with Crippen LogP contribution in [0.25, 0.3) is 0 Å². The fourth-order valence-electron chi connectivity index (χ4n) is 3.79. The highest BCUT2D eigenvalue weighted by molar-refractivity contribution is 5.02. The molecular formula is C14H25NO9. The molecule has 10 atom stereocenters. The summed E-state index contributed by atoms with van der Waals surface area (Å²) in [5.74, 6) is 0. The number of fused-ring (bicyclic) bond motifs is 1. The Morgan fingerprint density at radius 3 is 2.29 bits per heavy atom. The van der Waals surface area contributed by atoms with Crippen molar-refractivity contribution >= 4 is 0 Å². The van der Waals surface area contributed by atoms with Gasteiger partial charge in [-0.15, -0.1) is 0 Å². The standard InChI is InChI=1S/C14H25NO9/c16-4-7-9(19)11(21)12(22)14(23-7)24-13-6(18)3-15-2-1-5(17)8(15)10(13)20/h5-14,16-22H,1-4H2/t5-,6-,7-,8+,9-,10+,11+,12-,13+,14-/m1/s1. The molecule has 0 saturated carbocycles. The van der Waals surface area contributed by atoms with Crippen LogP contribution in [0.3, 0.4) is 0 Å². The van der Waals surface area contributed by atoms with Gasteiger partial charge >= 0.3 is 0 Å². The van der Waals surface area contributed by atoms with Crippen LogP contribution in [0.2, 0.25) is 0 Å². The molecular weight excluding hydrogens is 326 g/mol. The molecule has 0 bridgehead atoms. The van der Waals surface area contributed by atoms with Gasteiger partial charge in [0, 0.05) is 13.1 Å². The molecule has 0 aromatic rings. The van der Waals surface area contributed by atoms with Crippen LogP contribution in [0.1, 0.15) is 6.42 Å². The summed E-state index contributed by atoms with van der Waals surface area (Å²) in [5, 5.41) is 69.4. The molecule has 3 heterocycles. The first-order valence-electron chi connectivity index (χ1n) is 8.09. The third-order valence-electron chi connectivity index (χ3n) is 5.15. The van der Waals surface area contributed by atoms with E-state index in [0.29, 0.717) is 13.0 Å². The Labute approximate surface area is 138 Å². The maximum atomic E-state index is 10.5. The lowest BCUT2D eigenvalue weighted by atomic mass is 9.92. The van der Waals surface area contributed by atoms with Crippen molar-refractivity contribution in [3.8, 4) is 0 Å². The second-order valence-corrected chi connectivity index (χ2v) is 6.70. The zero-order chi connectivity index (χ0) is 17.6. The van der Waals surface area contributed by atoms with Crippen LogP contribution in [0, 0.1) is 0 Å². The van der Waals surface area contributed by atoms with Gasteiger partial charge in [0.25, 0.3) is 0 Å². The average molecular weight is 351 g/mol. The molecule has 3 aliphatic heterocycles. The van der Waals surface area contributed by atoms with Gasteiger partial charge in [-0.3, -0.25) is 4.90 Å². The van der Waals surface area contributed by atoms with Crippen molar-refractivity contribution in [3.63, 3.8) is 0 Å². The summed E-state index contributed by atoms with van der Waals surface area (Å²) in [7, 11) is 0. The van der Waals surface area contributed by atoms with Gasteiger partial charge in [0.1, 0.15) is 36.6 Å². The number of ether oxygens (including phenoxy) is 2. The van der Waals surface area contributed by atoms with E-state index in [-0.39, 0.29) is 6.54 Å². The lowest BCUT2D eigenvalue weighted by Gasteiger charge is -2.46. The summed E-state index contributed by atoms with van der Waals surface area (Å²) >= 11 is 0. The maximum absolute atomic E-state index is 10.5. The molecule has 3 saturated heterocycles. The molecule has 140 valence electrons. The molecule has 10 heteroatoms. The third-order valence-corrected chi connectivity index (χ3v) is 5.15. The van der Waals surface area contributed by atoms with Crippen LogP contribution >= 0.6 is 0 Å². The van der Waals surface area contributed by atoms with Gasteiger partial charge in [0.15, 0.2) is 6.29 Å². The summed E-state index contributed by atoms with van der Waals surface area (Å²) in [6.45, 7) is 0.128. The fourth-order valence-corrected chi connectivity index (χ4v) is 3.79. The molecule has 3 fully saturated rings. The summed E-state index contributed by atoms with van der Waals surface area (Å²) < 4.78 is 10.7. The minimum Gasteiger partial charge on any atom is -0.394 e. The van der Waals surface area contributed by atoms with Gasteiger partial charge in [-0.05, 0) is 6.42 Å². The Kier molecular flexibility index (Phi) is 5.42. The van der Waals surface area contributed by atoms with E-state index in [1.807, 2.05) is 0 Å². The van der Waals surface area contributed by atoms with Crippen LogP contribution in [-0.2, 0) is 9.47 Å². The molecule has 0 aliphatic carbocycles. The summed E-state index contributed by atoms with van der Waals surface area (Å²) in [6.07, 6.45) is -11.1. The van der Waals surface area contributed by atoms with Crippen molar-refractivity contribution in [3.05, 3.63) is 0 Å². The number of hydrogen-bond acceptors (Lipinski definition) is 10. The van der Waals surface area contributed by atoms with Gasteiger partial charge in [0.05, 0.1) is 24.9 Å². The third kappa shape index (κ3) is 3.07. The van der Waals surface area contributed by atoms with Gasteiger partial charge in [-0.2, -0.15) is 0 Å². The average Bonchev–Trinajstić information content (AvgIpc) is 2.92. The van der Waals surface area contributed by atoms with Crippen molar-refractivity contribution in [1.82, 2.24) is 4.90 Å². The van der Waals surface area contributed by atoms with Crippen molar-refractivity contribution in [2.75, 3.05) is 19.7 Å². The van der Waals surface area contributed by atoms with Gasteiger partial charge in [-0.25, -0.2) is 0 Å². The number of aliphatic hydroxyl groups excluding tert-OH is 7. The predicted octanol–water partition coefficient (Wildman–Crippen LogP) is -4.66. The lowest BCUT2D eigenvalue weighted by molar-refractivity contribution is -0.329. The normalized spacial score (nSPS) is 53.1. The van der Waals surface area contributed by atoms with E-state index >= 15 is 0 Å². The first kappa shape index (κ1) is 18.4. The van der Waals surface area contributed by atoms with E-state index in [2.05, 4.69) is 0 Å². The van der Waals surface area contributed by atoms with Crippen molar-refractivity contribution in [2.45, 2.75) is 67.6 Å². The number of rotatable bonds is 3. The molecule has 0 amide bonds. The van der Waals surface area contributed by atoms with Crippen LogP contribution in [0.15, 0.2) is 0 Å². The monoisotopic (exact) mass is 351 g/mol. The lowest BCUT2D eigenvalue weighted by Crippen LogP contribution is -2.65. The molecule has 0 unspecified atom stereocenters. The number of nitrogens with zero attached hydrogens (tertiary/aromatic N) is 1.